The first-order valence-electron chi connectivity index (χ1n) is 7.37. The third-order valence-electron chi connectivity index (χ3n) is 3.96. The molecule has 0 radical (unpaired) electrons. The van der Waals surface area contributed by atoms with Gasteiger partial charge in [-0.15, -0.1) is 0 Å². The molecule has 21 heavy (non-hydrogen) atoms. The first-order valence-corrected chi connectivity index (χ1v) is 8.16. The highest BCUT2D eigenvalue weighted by molar-refractivity contribution is 9.10. The van der Waals surface area contributed by atoms with Crippen molar-refractivity contribution in [2.75, 3.05) is 47.3 Å². The number of carbonyl (C=O) groups is 1. The van der Waals surface area contributed by atoms with Crippen molar-refractivity contribution < 1.29 is 9.21 Å². The smallest absolute Gasteiger partial charge is 0.289 e. The second-order valence-electron chi connectivity index (χ2n) is 5.94. The fraction of sp³-hybridized carbons (Fsp3) is 0.667. The summed E-state index contributed by atoms with van der Waals surface area (Å²) in [5.74, 6) is 0.414. The van der Waals surface area contributed by atoms with E-state index < -0.39 is 0 Å². The van der Waals surface area contributed by atoms with Gasteiger partial charge in [-0.1, -0.05) is 0 Å². The van der Waals surface area contributed by atoms with Crippen LogP contribution in [0.1, 0.15) is 23.4 Å². The first kappa shape index (κ1) is 16.5. The molecular weight excluding hydrogens is 334 g/mol. The maximum Gasteiger partial charge on any atom is 0.289 e. The van der Waals surface area contributed by atoms with Crippen LogP contribution < -0.4 is 0 Å². The van der Waals surface area contributed by atoms with Crippen molar-refractivity contribution >= 4 is 21.8 Å². The standard InChI is InChI=1S/C15H24BrN3O2/c1-17(2)10-11-19(12-6-8-18(3)9-7-12)15(20)13-4-5-14(16)21-13/h4-5,12H,6-11H2,1-3H3. The molecule has 0 unspecified atom stereocenters. The third kappa shape index (κ3) is 4.56. The quantitative estimate of drug-likeness (QED) is 0.809. The Hall–Kier alpha value is -0.850. The lowest BCUT2D eigenvalue weighted by Gasteiger charge is -2.37. The number of carbonyl (C=O) groups excluding carboxylic acids is 1. The van der Waals surface area contributed by atoms with Gasteiger partial charge in [0.2, 0.25) is 0 Å². The zero-order valence-corrected chi connectivity index (χ0v) is 14.6. The van der Waals surface area contributed by atoms with Crippen molar-refractivity contribution in [3.63, 3.8) is 0 Å². The van der Waals surface area contributed by atoms with Crippen LogP contribution in [0, 0.1) is 0 Å². The van der Waals surface area contributed by atoms with Crippen LogP contribution in [0.4, 0.5) is 0 Å². The number of nitrogens with zero attached hydrogens (tertiary/aromatic N) is 3. The van der Waals surface area contributed by atoms with Gasteiger partial charge in [0.15, 0.2) is 10.4 Å². The Morgan fingerprint density at radius 1 is 1.33 bits per heavy atom. The number of hydrogen-bond donors (Lipinski definition) is 0. The van der Waals surface area contributed by atoms with Crippen LogP contribution >= 0.6 is 15.9 Å². The van der Waals surface area contributed by atoms with Crippen LogP contribution in [0.15, 0.2) is 21.2 Å². The van der Waals surface area contributed by atoms with Gasteiger partial charge in [0, 0.05) is 19.1 Å². The molecule has 0 aromatic carbocycles. The lowest BCUT2D eigenvalue weighted by atomic mass is 10.0. The highest BCUT2D eigenvalue weighted by Crippen LogP contribution is 2.21. The third-order valence-corrected chi connectivity index (χ3v) is 4.39. The summed E-state index contributed by atoms with van der Waals surface area (Å²) >= 11 is 3.26. The van der Waals surface area contributed by atoms with E-state index in [4.69, 9.17) is 4.42 Å². The van der Waals surface area contributed by atoms with Crippen molar-refractivity contribution in [1.29, 1.82) is 0 Å². The summed E-state index contributed by atoms with van der Waals surface area (Å²) < 4.78 is 6.05. The molecule has 118 valence electrons. The van der Waals surface area contributed by atoms with Gasteiger partial charge in [-0.2, -0.15) is 0 Å². The van der Waals surface area contributed by atoms with E-state index in [2.05, 4.69) is 32.8 Å². The van der Waals surface area contributed by atoms with Gasteiger partial charge in [-0.25, -0.2) is 0 Å². The number of amides is 1. The van der Waals surface area contributed by atoms with E-state index in [-0.39, 0.29) is 5.91 Å². The molecule has 0 N–H and O–H groups in total. The molecule has 2 rings (SSSR count). The van der Waals surface area contributed by atoms with E-state index in [0.29, 0.717) is 16.5 Å². The Kier molecular flexibility index (Phi) is 5.84. The van der Waals surface area contributed by atoms with Gasteiger partial charge in [-0.05, 0) is 75.1 Å². The van der Waals surface area contributed by atoms with Crippen LogP contribution in [-0.2, 0) is 0 Å². The number of hydrogen-bond acceptors (Lipinski definition) is 4. The average Bonchev–Trinajstić information content (AvgIpc) is 2.87. The van der Waals surface area contributed by atoms with Crippen molar-refractivity contribution in [2.45, 2.75) is 18.9 Å². The van der Waals surface area contributed by atoms with E-state index in [9.17, 15) is 4.79 Å². The predicted molar refractivity (Wildman–Crippen MR) is 86.5 cm³/mol. The zero-order valence-electron chi connectivity index (χ0n) is 13.0. The number of likely N-dealkylation sites (N-methyl/N-ethyl adjacent to an activating group) is 1. The molecule has 0 aliphatic carbocycles. The Morgan fingerprint density at radius 3 is 2.52 bits per heavy atom. The fourth-order valence-electron chi connectivity index (χ4n) is 2.64. The Morgan fingerprint density at radius 2 is 2.00 bits per heavy atom. The van der Waals surface area contributed by atoms with Crippen LogP contribution in [0.3, 0.4) is 0 Å². The molecule has 1 aromatic heterocycles. The summed E-state index contributed by atoms with van der Waals surface area (Å²) in [6.45, 7) is 3.68. The predicted octanol–water partition coefficient (Wildman–Crippen LogP) is 2.14. The highest BCUT2D eigenvalue weighted by atomic mass is 79.9. The van der Waals surface area contributed by atoms with E-state index in [0.717, 1.165) is 39.0 Å². The molecule has 0 spiro atoms. The van der Waals surface area contributed by atoms with Crippen molar-refractivity contribution in [2.24, 2.45) is 0 Å². The normalized spacial score (nSPS) is 17.4. The summed E-state index contributed by atoms with van der Waals surface area (Å²) in [6, 6.07) is 3.81. The topological polar surface area (TPSA) is 39.9 Å². The molecule has 1 saturated heterocycles. The lowest BCUT2D eigenvalue weighted by molar-refractivity contribution is 0.0542. The van der Waals surface area contributed by atoms with Crippen LogP contribution in [0.25, 0.3) is 0 Å². The van der Waals surface area contributed by atoms with Gasteiger partial charge in [0.25, 0.3) is 5.91 Å². The number of likely N-dealkylation sites (tertiary alicyclic amines) is 1. The van der Waals surface area contributed by atoms with Crippen molar-refractivity contribution in [3.8, 4) is 0 Å². The van der Waals surface area contributed by atoms with E-state index >= 15 is 0 Å². The summed E-state index contributed by atoms with van der Waals surface area (Å²) in [7, 11) is 6.19. The van der Waals surface area contributed by atoms with Crippen LogP contribution in [0.5, 0.6) is 0 Å². The van der Waals surface area contributed by atoms with Gasteiger partial charge in [0.1, 0.15) is 0 Å². The number of furan rings is 1. The van der Waals surface area contributed by atoms with E-state index in [1.54, 1.807) is 12.1 Å². The molecule has 1 aromatic rings. The van der Waals surface area contributed by atoms with Gasteiger partial charge in [0.05, 0.1) is 0 Å². The first-order chi connectivity index (χ1) is 9.97. The Bertz CT molecular complexity index is 467. The van der Waals surface area contributed by atoms with Gasteiger partial charge in [-0.3, -0.25) is 4.79 Å². The lowest BCUT2D eigenvalue weighted by Crippen LogP contribution is -2.48. The number of halogens is 1. The minimum atomic E-state index is -0.00268. The van der Waals surface area contributed by atoms with Crippen molar-refractivity contribution in [1.82, 2.24) is 14.7 Å². The summed E-state index contributed by atoms with van der Waals surface area (Å²) in [6.07, 6.45) is 2.05. The molecule has 0 atom stereocenters. The minimum Gasteiger partial charge on any atom is -0.444 e. The second kappa shape index (κ2) is 7.42. The maximum atomic E-state index is 12.7. The summed E-state index contributed by atoms with van der Waals surface area (Å²) in [5, 5.41) is 0. The Balaban J connectivity index is 2.09. The highest BCUT2D eigenvalue weighted by Gasteiger charge is 2.29. The molecule has 0 bridgehead atoms. The Labute approximate surface area is 135 Å². The minimum absolute atomic E-state index is 0.00268. The SMILES string of the molecule is CN(C)CCN(C(=O)c1ccc(Br)o1)C1CCN(C)CC1. The molecule has 5 nitrogen and oxygen atoms in total. The number of piperidine rings is 1. The molecule has 2 heterocycles. The second-order valence-corrected chi connectivity index (χ2v) is 6.72. The van der Waals surface area contributed by atoms with E-state index in [1.165, 1.54) is 0 Å². The monoisotopic (exact) mass is 357 g/mol. The largest absolute Gasteiger partial charge is 0.444 e. The average molecular weight is 358 g/mol. The zero-order chi connectivity index (χ0) is 15.4. The molecule has 1 amide bonds. The fourth-order valence-corrected chi connectivity index (χ4v) is 2.94. The van der Waals surface area contributed by atoms with Crippen molar-refractivity contribution in [3.05, 3.63) is 22.6 Å². The number of rotatable bonds is 5. The molecule has 1 aliphatic heterocycles. The summed E-state index contributed by atoms with van der Waals surface area (Å²) in [4.78, 5) is 19.1. The molecular formula is C15H24BrN3O2. The molecule has 0 saturated carbocycles. The maximum absolute atomic E-state index is 12.7. The summed E-state index contributed by atoms with van der Waals surface area (Å²) in [5.41, 5.74) is 0. The van der Waals surface area contributed by atoms with Crippen LogP contribution in [-0.4, -0.2) is 74.0 Å². The van der Waals surface area contributed by atoms with Gasteiger partial charge < -0.3 is 19.1 Å². The molecule has 6 heteroatoms. The molecule has 1 aliphatic rings. The van der Waals surface area contributed by atoms with Gasteiger partial charge >= 0.3 is 0 Å². The van der Waals surface area contributed by atoms with Crippen LogP contribution in [0.2, 0.25) is 0 Å². The van der Waals surface area contributed by atoms with E-state index in [1.807, 2.05) is 19.0 Å². The molecule has 1 fully saturated rings.